The fourth-order valence-corrected chi connectivity index (χ4v) is 4.91. The molecule has 3 amide bonds. The van der Waals surface area contributed by atoms with Gasteiger partial charge in [0.25, 0.3) is 11.8 Å². The van der Waals surface area contributed by atoms with Crippen LogP contribution in [0.4, 0.5) is 10.1 Å². The zero-order valence-electron chi connectivity index (χ0n) is 22.8. The minimum absolute atomic E-state index is 0.0342. The number of rotatable bonds is 6. The van der Waals surface area contributed by atoms with Crippen molar-refractivity contribution in [1.29, 1.82) is 0 Å². The van der Waals surface area contributed by atoms with Crippen molar-refractivity contribution < 1.29 is 18.8 Å². The standard InChI is InChI=1S/C30H27FN8O3/c1-36-17-22(16-32-36)28-24(31)8-10-26(34-28)29(41)33-23-7-9-25-21(15-23)18-39(35-25)19-27(40)37-11-13-38(14-12-37)30(42)20-5-3-2-4-6-20/h2-10,15-18H,11-14,19H2,1H3,(H,33,41). The number of benzene rings is 2. The second-order valence-electron chi connectivity index (χ2n) is 10.0. The van der Waals surface area contributed by atoms with E-state index in [9.17, 15) is 18.8 Å². The van der Waals surface area contributed by atoms with Gasteiger partial charge in [0.15, 0.2) is 0 Å². The van der Waals surface area contributed by atoms with Gasteiger partial charge in [0.2, 0.25) is 5.91 Å². The van der Waals surface area contributed by atoms with Crippen LogP contribution in [0.3, 0.4) is 0 Å². The number of halogens is 1. The van der Waals surface area contributed by atoms with Crippen LogP contribution in [0.1, 0.15) is 20.8 Å². The molecule has 11 nitrogen and oxygen atoms in total. The third-order valence-electron chi connectivity index (χ3n) is 7.10. The fraction of sp³-hybridized carbons (Fsp3) is 0.200. The Morgan fingerprint density at radius 1 is 0.929 bits per heavy atom. The first-order valence-corrected chi connectivity index (χ1v) is 13.4. The smallest absolute Gasteiger partial charge is 0.274 e. The highest BCUT2D eigenvalue weighted by Crippen LogP contribution is 2.22. The van der Waals surface area contributed by atoms with Gasteiger partial charge in [0, 0.05) is 67.8 Å². The maximum Gasteiger partial charge on any atom is 0.274 e. The predicted octanol–water partition coefficient (Wildman–Crippen LogP) is 3.21. The van der Waals surface area contributed by atoms with Crippen molar-refractivity contribution in [1.82, 2.24) is 34.3 Å². The van der Waals surface area contributed by atoms with Gasteiger partial charge in [0.05, 0.1) is 11.7 Å². The molecule has 42 heavy (non-hydrogen) atoms. The molecule has 0 bridgehead atoms. The lowest BCUT2D eigenvalue weighted by Gasteiger charge is -2.34. The summed E-state index contributed by atoms with van der Waals surface area (Å²) in [5.74, 6) is -1.17. The molecule has 0 unspecified atom stereocenters. The molecule has 0 spiro atoms. The Balaban J connectivity index is 1.08. The third kappa shape index (κ3) is 5.59. The maximum atomic E-state index is 14.4. The van der Waals surface area contributed by atoms with E-state index in [4.69, 9.17) is 0 Å². The van der Waals surface area contributed by atoms with Gasteiger partial charge in [-0.3, -0.25) is 23.7 Å². The molecule has 1 aliphatic heterocycles. The van der Waals surface area contributed by atoms with Gasteiger partial charge in [-0.15, -0.1) is 0 Å². The van der Waals surface area contributed by atoms with Crippen LogP contribution in [-0.4, -0.2) is 78.2 Å². The second kappa shape index (κ2) is 11.2. The molecule has 2 aromatic carbocycles. The summed E-state index contributed by atoms with van der Waals surface area (Å²) >= 11 is 0. The Bertz CT molecular complexity index is 1790. The summed E-state index contributed by atoms with van der Waals surface area (Å²) in [6.45, 7) is 1.90. The van der Waals surface area contributed by atoms with E-state index in [2.05, 4.69) is 20.5 Å². The average Bonchev–Trinajstić information content (AvgIpc) is 3.62. The molecule has 3 aromatic heterocycles. The lowest BCUT2D eigenvalue weighted by Crippen LogP contribution is -2.51. The van der Waals surface area contributed by atoms with Gasteiger partial charge in [-0.05, 0) is 42.5 Å². The van der Waals surface area contributed by atoms with Crippen LogP contribution in [0, 0.1) is 5.82 Å². The van der Waals surface area contributed by atoms with E-state index >= 15 is 0 Å². The Hall–Kier alpha value is -5.39. The molecule has 1 aliphatic rings. The summed E-state index contributed by atoms with van der Waals surface area (Å²) in [5, 5.41) is 12.1. The Morgan fingerprint density at radius 2 is 1.69 bits per heavy atom. The van der Waals surface area contributed by atoms with E-state index in [1.165, 1.54) is 23.0 Å². The topological polar surface area (TPSA) is 118 Å². The van der Waals surface area contributed by atoms with Crippen LogP contribution in [0.2, 0.25) is 0 Å². The molecule has 12 heteroatoms. The number of amides is 3. The normalized spacial score (nSPS) is 13.4. The number of carbonyl (C=O) groups is 3. The minimum atomic E-state index is -0.550. The maximum absolute atomic E-state index is 14.4. The van der Waals surface area contributed by atoms with Crippen molar-refractivity contribution in [2.45, 2.75) is 6.54 Å². The van der Waals surface area contributed by atoms with Crippen LogP contribution < -0.4 is 5.32 Å². The highest BCUT2D eigenvalue weighted by Gasteiger charge is 2.25. The number of fused-ring (bicyclic) bond motifs is 1. The molecule has 6 rings (SSSR count). The molecular formula is C30H27FN8O3. The van der Waals surface area contributed by atoms with Gasteiger partial charge in [-0.25, -0.2) is 9.37 Å². The van der Waals surface area contributed by atoms with Crippen molar-refractivity contribution in [3.8, 4) is 11.3 Å². The molecular weight excluding hydrogens is 539 g/mol. The number of aryl methyl sites for hydroxylation is 1. The van der Waals surface area contributed by atoms with Crippen molar-refractivity contribution in [3.05, 3.63) is 96.3 Å². The number of hydrogen-bond acceptors (Lipinski definition) is 6. The number of carbonyl (C=O) groups excluding carboxylic acids is 3. The quantitative estimate of drug-likeness (QED) is 0.337. The Morgan fingerprint density at radius 3 is 2.43 bits per heavy atom. The largest absolute Gasteiger partial charge is 0.338 e. The molecule has 5 aromatic rings. The molecule has 4 heterocycles. The van der Waals surface area contributed by atoms with E-state index in [0.717, 1.165) is 5.39 Å². The molecule has 1 N–H and O–H groups in total. The van der Waals surface area contributed by atoms with Crippen LogP contribution in [0.15, 0.2) is 79.3 Å². The molecule has 0 radical (unpaired) electrons. The van der Waals surface area contributed by atoms with E-state index in [1.54, 1.807) is 64.3 Å². The first-order chi connectivity index (χ1) is 20.3. The summed E-state index contributed by atoms with van der Waals surface area (Å²) in [7, 11) is 1.71. The van der Waals surface area contributed by atoms with Crippen LogP contribution in [0.5, 0.6) is 0 Å². The molecule has 0 atom stereocenters. The number of anilines is 1. The monoisotopic (exact) mass is 566 g/mol. The van der Waals surface area contributed by atoms with Gasteiger partial charge in [0.1, 0.15) is 23.7 Å². The number of hydrogen-bond donors (Lipinski definition) is 1. The molecule has 1 fully saturated rings. The van der Waals surface area contributed by atoms with Crippen molar-refractivity contribution in [2.75, 3.05) is 31.5 Å². The molecule has 1 saturated heterocycles. The zero-order valence-corrected chi connectivity index (χ0v) is 22.8. The van der Waals surface area contributed by atoms with E-state index in [-0.39, 0.29) is 29.7 Å². The van der Waals surface area contributed by atoms with Gasteiger partial charge < -0.3 is 15.1 Å². The van der Waals surface area contributed by atoms with Crippen LogP contribution in [-0.2, 0) is 18.4 Å². The van der Waals surface area contributed by atoms with Crippen molar-refractivity contribution in [2.24, 2.45) is 7.05 Å². The Labute approximate surface area is 240 Å². The molecule has 0 aliphatic carbocycles. The predicted molar refractivity (Wildman–Crippen MR) is 153 cm³/mol. The summed E-state index contributed by atoms with van der Waals surface area (Å²) in [6, 6.07) is 16.8. The van der Waals surface area contributed by atoms with E-state index in [0.29, 0.717) is 48.5 Å². The van der Waals surface area contributed by atoms with Gasteiger partial charge >= 0.3 is 0 Å². The number of pyridine rings is 1. The fourth-order valence-electron chi connectivity index (χ4n) is 4.91. The van der Waals surface area contributed by atoms with E-state index in [1.807, 2.05) is 18.2 Å². The molecule has 0 saturated carbocycles. The summed E-state index contributed by atoms with van der Waals surface area (Å²) < 4.78 is 17.5. The second-order valence-corrected chi connectivity index (χ2v) is 10.0. The summed E-state index contributed by atoms with van der Waals surface area (Å²) in [5.41, 5.74) is 2.38. The molecule has 212 valence electrons. The number of nitrogens with one attached hydrogen (secondary N) is 1. The lowest BCUT2D eigenvalue weighted by atomic mass is 10.2. The summed E-state index contributed by atoms with van der Waals surface area (Å²) in [4.78, 5) is 46.3. The highest BCUT2D eigenvalue weighted by atomic mass is 19.1. The van der Waals surface area contributed by atoms with Crippen LogP contribution in [0.25, 0.3) is 22.2 Å². The van der Waals surface area contributed by atoms with E-state index < -0.39 is 11.7 Å². The van der Waals surface area contributed by atoms with Crippen molar-refractivity contribution in [3.63, 3.8) is 0 Å². The first kappa shape index (κ1) is 26.8. The van der Waals surface area contributed by atoms with Crippen molar-refractivity contribution >= 4 is 34.3 Å². The van der Waals surface area contributed by atoms with Crippen LogP contribution >= 0.6 is 0 Å². The minimum Gasteiger partial charge on any atom is -0.338 e. The SMILES string of the molecule is Cn1cc(-c2nc(C(=O)Nc3ccc4nn(CC(=O)N5CCN(C(=O)c6ccccc6)CC5)cc4c3)ccc2F)cn1. The number of nitrogens with zero attached hydrogens (tertiary/aromatic N) is 7. The Kier molecular flexibility index (Phi) is 7.17. The van der Waals surface area contributed by atoms with Gasteiger partial charge in [-0.2, -0.15) is 10.2 Å². The zero-order chi connectivity index (χ0) is 29.2. The lowest BCUT2D eigenvalue weighted by molar-refractivity contribution is -0.133. The average molecular weight is 567 g/mol. The number of piperazine rings is 1. The van der Waals surface area contributed by atoms with Gasteiger partial charge in [-0.1, -0.05) is 18.2 Å². The highest BCUT2D eigenvalue weighted by molar-refractivity contribution is 6.04. The number of aromatic nitrogens is 5. The summed E-state index contributed by atoms with van der Waals surface area (Å²) in [6.07, 6.45) is 4.85. The first-order valence-electron chi connectivity index (χ1n) is 13.4. The third-order valence-corrected chi connectivity index (χ3v) is 7.10.